The Morgan fingerprint density at radius 2 is 1.55 bits per heavy atom. The molecule has 3 heterocycles. The third kappa shape index (κ3) is 12.6. The first kappa shape index (κ1) is 44.4. The van der Waals surface area contributed by atoms with Gasteiger partial charge in [0.15, 0.2) is 0 Å². The van der Waals surface area contributed by atoms with E-state index in [1.54, 1.807) is 22.6 Å². The first-order valence-electron chi connectivity index (χ1n) is 19.8. The molecule has 1 aliphatic heterocycles. The molecule has 5 rings (SSSR count). The highest BCUT2D eigenvalue weighted by Gasteiger charge is 2.43. The van der Waals surface area contributed by atoms with Gasteiger partial charge in [0, 0.05) is 36.3 Å². The maximum absolute atomic E-state index is 14.5. The van der Waals surface area contributed by atoms with Crippen LogP contribution in [-0.2, 0) is 38.7 Å². The van der Waals surface area contributed by atoms with Crippen molar-refractivity contribution >= 4 is 29.2 Å². The second-order valence-corrected chi connectivity index (χ2v) is 18.1. The molecule has 13 nitrogen and oxygen atoms in total. The van der Waals surface area contributed by atoms with Gasteiger partial charge in [-0.05, 0) is 60.3 Å². The van der Waals surface area contributed by atoms with Crippen molar-refractivity contribution in [2.24, 2.45) is 10.8 Å². The number of carbonyl (C=O) groups is 3. The zero-order valence-electron chi connectivity index (χ0n) is 34.9. The number of aliphatic hydroxyl groups excluding tert-OH is 1. The highest BCUT2D eigenvalue weighted by atomic mass is 32.1. The summed E-state index contributed by atoms with van der Waals surface area (Å²) in [6.07, 6.45) is 0.743. The number of aliphatic hydroxyl groups is 1. The molecule has 0 spiro atoms. The number of rotatable bonds is 16. The number of ether oxygens (including phenoxy) is 1. The second kappa shape index (κ2) is 19.8. The molecule has 58 heavy (non-hydrogen) atoms. The van der Waals surface area contributed by atoms with E-state index in [2.05, 4.69) is 25.9 Å². The van der Waals surface area contributed by atoms with Crippen molar-refractivity contribution in [3.8, 4) is 11.3 Å². The number of thiazole rings is 1. The molecule has 2 aromatic heterocycles. The van der Waals surface area contributed by atoms with Gasteiger partial charge in [0.1, 0.15) is 12.1 Å². The summed E-state index contributed by atoms with van der Waals surface area (Å²) in [7, 11) is 1.25. The number of methoxy groups -OCH3 is 1. The van der Waals surface area contributed by atoms with Gasteiger partial charge in [0.2, 0.25) is 11.8 Å². The number of benzene rings is 2. The Hall–Kier alpha value is -4.73. The number of pyridine rings is 1. The maximum atomic E-state index is 14.5. The summed E-state index contributed by atoms with van der Waals surface area (Å²) < 4.78 is 4.84. The van der Waals surface area contributed by atoms with E-state index in [4.69, 9.17) is 9.68 Å². The lowest BCUT2D eigenvalue weighted by Crippen LogP contribution is -2.58. The first-order chi connectivity index (χ1) is 27.5. The molecule has 312 valence electrons. The van der Waals surface area contributed by atoms with Crippen LogP contribution in [0.2, 0.25) is 0 Å². The quantitative estimate of drug-likeness (QED) is 0.108. The van der Waals surface area contributed by atoms with Gasteiger partial charge in [-0.2, -0.15) is 10.1 Å². The monoisotopic (exact) mass is 813 g/mol. The number of aryl methyl sites for hydroxylation is 1. The number of hydrogen-bond donors (Lipinski definition) is 4. The summed E-state index contributed by atoms with van der Waals surface area (Å²) in [5.74, 6) is -0.695. The van der Waals surface area contributed by atoms with Gasteiger partial charge < -0.3 is 25.8 Å². The average molecular weight is 814 g/mol. The van der Waals surface area contributed by atoms with Crippen LogP contribution < -0.4 is 16.0 Å². The number of amides is 3. The fourth-order valence-corrected chi connectivity index (χ4v) is 7.77. The van der Waals surface area contributed by atoms with E-state index >= 15 is 0 Å². The van der Waals surface area contributed by atoms with Gasteiger partial charge in [-0.3, -0.25) is 14.6 Å². The Balaban J connectivity index is 1.40. The molecule has 1 fully saturated rings. The summed E-state index contributed by atoms with van der Waals surface area (Å²) in [5.41, 5.74) is 3.35. The SMILES string of the molecule is COC(=O)NC(C(=O)NC(Cc1ccc(-c2ccccn2)cc1)CC(O)C(Cc1ccccc1)NC(=O)C(N1CCN(Cc2csc(C)n2)O1)C(C)(C)C)C(C)(C)C. The van der Waals surface area contributed by atoms with E-state index < -0.39 is 53.1 Å². The molecular weight excluding hydrogens is 755 g/mol. The lowest BCUT2D eigenvalue weighted by Gasteiger charge is -2.37. The van der Waals surface area contributed by atoms with Crippen molar-refractivity contribution in [2.75, 3.05) is 20.2 Å². The maximum Gasteiger partial charge on any atom is 0.407 e. The lowest BCUT2D eigenvalue weighted by atomic mass is 9.85. The number of hydrogen-bond acceptors (Lipinski definition) is 11. The second-order valence-electron chi connectivity index (χ2n) is 17.1. The fraction of sp³-hybridized carbons (Fsp3) is 0.477. The van der Waals surface area contributed by atoms with E-state index in [1.807, 2.05) is 132 Å². The van der Waals surface area contributed by atoms with Gasteiger partial charge in [-0.1, -0.05) is 102 Å². The summed E-state index contributed by atoms with van der Waals surface area (Å²) in [5, 5.41) is 27.7. The summed E-state index contributed by atoms with van der Waals surface area (Å²) in [4.78, 5) is 56.1. The standard InChI is InChI=1S/C44H59N7O6S/c1-29-46-34(28-58-29)27-50-22-23-51(57-50)39(44(5,6)7)41(54)48-36(25-30-14-10-9-11-15-30)37(52)26-33(47-40(53)38(43(2,3)4)49-42(55)56-8)24-31-17-19-32(20-18-31)35-16-12-13-21-45-35/h9-21,28,33,36-39,52H,22-27H2,1-8H3,(H,47,53)(H,48,54)(H,49,55). The van der Waals surface area contributed by atoms with Crippen LogP contribution in [0.25, 0.3) is 11.3 Å². The first-order valence-corrected chi connectivity index (χ1v) is 20.7. The largest absolute Gasteiger partial charge is 0.453 e. The van der Waals surface area contributed by atoms with Crippen molar-refractivity contribution in [3.63, 3.8) is 0 Å². The molecule has 0 saturated carbocycles. The molecule has 2 aromatic carbocycles. The van der Waals surface area contributed by atoms with Crippen LogP contribution in [-0.4, -0.2) is 93.6 Å². The number of alkyl carbamates (subject to hydrolysis) is 1. The van der Waals surface area contributed by atoms with E-state index in [1.165, 1.54) is 7.11 Å². The fourth-order valence-electron chi connectivity index (χ4n) is 7.17. The predicted octanol–water partition coefficient (Wildman–Crippen LogP) is 5.87. The smallest absolute Gasteiger partial charge is 0.407 e. The molecule has 4 N–H and O–H groups in total. The van der Waals surface area contributed by atoms with E-state index in [0.29, 0.717) is 32.5 Å². The normalized spacial score (nSPS) is 16.5. The van der Waals surface area contributed by atoms with Gasteiger partial charge in [0.05, 0.1) is 42.2 Å². The van der Waals surface area contributed by atoms with E-state index in [-0.39, 0.29) is 12.3 Å². The highest BCUT2D eigenvalue weighted by Crippen LogP contribution is 2.29. The molecule has 0 radical (unpaired) electrons. The minimum atomic E-state index is -1.09. The Labute approximate surface area is 346 Å². The lowest BCUT2D eigenvalue weighted by molar-refractivity contribution is -0.295. The van der Waals surface area contributed by atoms with Crippen molar-refractivity contribution in [2.45, 2.75) is 105 Å². The molecule has 1 aliphatic rings. The Morgan fingerprint density at radius 1 is 0.862 bits per heavy atom. The Bertz CT molecular complexity index is 1930. The molecule has 5 unspecified atom stereocenters. The summed E-state index contributed by atoms with van der Waals surface area (Å²) >= 11 is 1.58. The van der Waals surface area contributed by atoms with Crippen LogP contribution in [0, 0.1) is 17.8 Å². The highest BCUT2D eigenvalue weighted by molar-refractivity contribution is 7.09. The van der Waals surface area contributed by atoms with Crippen molar-refractivity contribution in [1.82, 2.24) is 36.0 Å². The molecule has 3 amide bonds. The topological polar surface area (TPSA) is 158 Å². The predicted molar refractivity (Wildman–Crippen MR) is 225 cm³/mol. The van der Waals surface area contributed by atoms with Gasteiger partial charge in [-0.15, -0.1) is 11.3 Å². The number of aromatic nitrogens is 2. The van der Waals surface area contributed by atoms with Crippen molar-refractivity contribution in [3.05, 3.63) is 106 Å². The van der Waals surface area contributed by atoms with Gasteiger partial charge >= 0.3 is 6.09 Å². The average Bonchev–Trinajstić information content (AvgIpc) is 3.81. The number of hydroxylamine groups is 4. The Morgan fingerprint density at radius 3 is 2.16 bits per heavy atom. The van der Waals surface area contributed by atoms with Crippen LogP contribution in [0.15, 0.2) is 84.4 Å². The molecular formula is C44H59N7O6S. The molecule has 4 aromatic rings. The van der Waals surface area contributed by atoms with Crippen LogP contribution in [0.3, 0.4) is 0 Å². The van der Waals surface area contributed by atoms with E-state index in [9.17, 15) is 19.5 Å². The molecule has 0 bridgehead atoms. The molecule has 5 atom stereocenters. The number of carbonyl (C=O) groups excluding carboxylic acids is 3. The third-order valence-electron chi connectivity index (χ3n) is 10.1. The zero-order valence-corrected chi connectivity index (χ0v) is 35.7. The summed E-state index contributed by atoms with van der Waals surface area (Å²) in [6.45, 7) is 15.1. The third-order valence-corrected chi connectivity index (χ3v) is 10.9. The molecule has 1 saturated heterocycles. The van der Waals surface area contributed by atoms with Crippen LogP contribution in [0.1, 0.15) is 69.8 Å². The number of nitrogens with one attached hydrogen (secondary N) is 3. The Kier molecular flexibility index (Phi) is 15.2. The van der Waals surface area contributed by atoms with Gasteiger partial charge in [-0.25, -0.2) is 14.7 Å². The number of nitrogens with zero attached hydrogens (tertiary/aromatic N) is 4. The molecule has 0 aliphatic carbocycles. The zero-order chi connectivity index (χ0) is 42.0. The van der Waals surface area contributed by atoms with Crippen molar-refractivity contribution in [1.29, 1.82) is 0 Å². The van der Waals surface area contributed by atoms with Crippen molar-refractivity contribution < 1.29 is 29.2 Å². The minimum absolute atomic E-state index is 0.0990. The van der Waals surface area contributed by atoms with Crippen LogP contribution >= 0.6 is 11.3 Å². The van der Waals surface area contributed by atoms with Crippen LogP contribution in [0.4, 0.5) is 4.79 Å². The molecule has 14 heteroatoms. The van der Waals surface area contributed by atoms with Crippen LogP contribution in [0.5, 0.6) is 0 Å². The minimum Gasteiger partial charge on any atom is -0.453 e. The van der Waals surface area contributed by atoms with E-state index in [0.717, 1.165) is 33.1 Å². The summed E-state index contributed by atoms with van der Waals surface area (Å²) in [6, 6.07) is 20.4. The van der Waals surface area contributed by atoms with Gasteiger partial charge in [0.25, 0.3) is 0 Å².